The Balaban J connectivity index is 1.89. The third-order valence-electron chi connectivity index (χ3n) is 4.12. The Labute approximate surface area is 187 Å². The number of ether oxygens (including phenoxy) is 3. The minimum Gasteiger partial charge on any atom is -0.465 e. The van der Waals surface area contributed by atoms with Crippen molar-refractivity contribution in [1.29, 1.82) is 0 Å². The molecule has 1 aromatic carbocycles. The van der Waals surface area contributed by atoms with E-state index < -0.39 is 17.9 Å². The van der Waals surface area contributed by atoms with Crippen LogP contribution in [0.4, 0.5) is 5.00 Å². The van der Waals surface area contributed by atoms with E-state index in [1.54, 1.807) is 24.3 Å². The van der Waals surface area contributed by atoms with Gasteiger partial charge in [-0.25, -0.2) is 9.59 Å². The van der Waals surface area contributed by atoms with Crippen LogP contribution in [0.15, 0.2) is 24.3 Å². The Morgan fingerprint density at radius 1 is 1.06 bits per heavy atom. The zero-order valence-corrected chi connectivity index (χ0v) is 18.4. The van der Waals surface area contributed by atoms with E-state index in [2.05, 4.69) is 14.8 Å². The molecule has 1 heterocycles. The van der Waals surface area contributed by atoms with Crippen LogP contribution in [0.5, 0.6) is 0 Å². The number of hydrogen-bond acceptors (Lipinski definition) is 9. The Hall–Kier alpha value is -3.11. The Bertz CT molecular complexity index is 973. The van der Waals surface area contributed by atoms with Crippen molar-refractivity contribution in [3.05, 3.63) is 50.9 Å². The maximum Gasteiger partial charge on any atom is 0.348 e. The summed E-state index contributed by atoms with van der Waals surface area (Å²) in [5.74, 6) is -2.32. The van der Waals surface area contributed by atoms with Gasteiger partial charge in [0.1, 0.15) is 22.0 Å². The quantitative estimate of drug-likeness (QED) is 0.326. The highest BCUT2D eigenvalue weighted by Gasteiger charge is 2.28. The molecule has 0 spiro atoms. The molecular formula is C20H21ClN2O7S. The van der Waals surface area contributed by atoms with Crippen LogP contribution in [0.1, 0.15) is 48.8 Å². The van der Waals surface area contributed by atoms with Gasteiger partial charge in [0.2, 0.25) is 0 Å². The molecule has 1 amide bonds. The number of nitrogens with one attached hydrogen (secondary N) is 1. The SMILES string of the molecule is COC(=O)c1sc(N)c(C(=O)OC)c1COC(=O)CCCNC(=O)c1ccc(Cl)cc1. The number of halogens is 1. The number of carbonyl (C=O) groups is 4. The fourth-order valence-electron chi connectivity index (χ4n) is 2.57. The van der Waals surface area contributed by atoms with E-state index in [0.29, 0.717) is 17.0 Å². The molecule has 0 fully saturated rings. The Kier molecular flexibility index (Phi) is 8.83. The van der Waals surface area contributed by atoms with E-state index in [1.807, 2.05) is 0 Å². The van der Waals surface area contributed by atoms with Crippen LogP contribution in [-0.2, 0) is 25.6 Å². The van der Waals surface area contributed by atoms with Crippen molar-refractivity contribution in [2.75, 3.05) is 26.5 Å². The molecule has 0 radical (unpaired) electrons. The molecule has 2 aromatic rings. The van der Waals surface area contributed by atoms with Gasteiger partial charge in [0.15, 0.2) is 0 Å². The van der Waals surface area contributed by atoms with Gasteiger partial charge in [-0.3, -0.25) is 9.59 Å². The van der Waals surface area contributed by atoms with Crippen LogP contribution in [0.3, 0.4) is 0 Å². The molecule has 0 atom stereocenters. The summed E-state index contributed by atoms with van der Waals surface area (Å²) < 4.78 is 14.6. The molecule has 9 nitrogen and oxygen atoms in total. The number of thiophene rings is 1. The van der Waals surface area contributed by atoms with Gasteiger partial charge >= 0.3 is 17.9 Å². The van der Waals surface area contributed by atoms with E-state index >= 15 is 0 Å². The van der Waals surface area contributed by atoms with Crippen molar-refractivity contribution in [2.45, 2.75) is 19.4 Å². The second kappa shape index (κ2) is 11.3. The monoisotopic (exact) mass is 468 g/mol. The predicted octanol–water partition coefficient (Wildman–Crippen LogP) is 2.81. The first-order valence-corrected chi connectivity index (χ1v) is 10.2. The van der Waals surface area contributed by atoms with Gasteiger partial charge in [-0.2, -0.15) is 0 Å². The normalized spacial score (nSPS) is 10.3. The minimum atomic E-state index is -0.750. The van der Waals surface area contributed by atoms with Crippen molar-refractivity contribution in [3.8, 4) is 0 Å². The third-order valence-corrected chi connectivity index (χ3v) is 5.41. The van der Waals surface area contributed by atoms with Crippen LogP contribution in [0.2, 0.25) is 5.02 Å². The largest absolute Gasteiger partial charge is 0.465 e. The molecule has 1 aromatic heterocycles. The maximum atomic E-state index is 12.1. The number of rotatable bonds is 9. The fraction of sp³-hybridized carbons (Fsp3) is 0.300. The summed E-state index contributed by atoms with van der Waals surface area (Å²) in [5, 5.41) is 3.27. The van der Waals surface area contributed by atoms with Gasteiger partial charge in [0.25, 0.3) is 5.91 Å². The van der Waals surface area contributed by atoms with Gasteiger partial charge in [-0.15, -0.1) is 11.3 Å². The first-order valence-electron chi connectivity index (χ1n) is 9.05. The highest BCUT2D eigenvalue weighted by molar-refractivity contribution is 7.18. The average Bonchev–Trinajstić information content (AvgIpc) is 3.10. The minimum absolute atomic E-state index is 0.0155. The van der Waals surface area contributed by atoms with Gasteiger partial charge in [-0.05, 0) is 30.7 Å². The number of hydrogen-bond donors (Lipinski definition) is 2. The van der Waals surface area contributed by atoms with Crippen LogP contribution < -0.4 is 11.1 Å². The van der Waals surface area contributed by atoms with Crippen molar-refractivity contribution in [3.63, 3.8) is 0 Å². The lowest BCUT2D eigenvalue weighted by Crippen LogP contribution is -2.25. The van der Waals surface area contributed by atoms with Crippen LogP contribution in [-0.4, -0.2) is 44.6 Å². The lowest BCUT2D eigenvalue weighted by atomic mass is 10.1. The molecule has 0 aliphatic carbocycles. The number of benzene rings is 1. The topological polar surface area (TPSA) is 134 Å². The standard InChI is InChI=1S/C20H21ClN2O7S/c1-28-19(26)15-13(16(20(27)29-2)31-17(15)22)10-30-14(24)4-3-9-23-18(25)11-5-7-12(21)8-6-11/h5-8H,3-4,9-10,22H2,1-2H3,(H,23,25). The molecule has 3 N–H and O–H groups in total. The summed E-state index contributed by atoms with van der Waals surface area (Å²) in [6.45, 7) is -0.0959. The van der Waals surface area contributed by atoms with E-state index in [1.165, 1.54) is 14.2 Å². The van der Waals surface area contributed by atoms with Gasteiger partial charge in [0.05, 0.1) is 14.2 Å². The van der Waals surface area contributed by atoms with Crippen molar-refractivity contribution >= 4 is 51.8 Å². The zero-order chi connectivity index (χ0) is 23.0. The first-order chi connectivity index (χ1) is 14.8. The van der Waals surface area contributed by atoms with Crippen molar-refractivity contribution in [2.24, 2.45) is 0 Å². The molecule has 0 saturated carbocycles. The van der Waals surface area contributed by atoms with E-state index in [-0.39, 0.29) is 46.5 Å². The number of anilines is 1. The highest BCUT2D eigenvalue weighted by atomic mass is 35.5. The number of amides is 1. The first kappa shape index (κ1) is 24.2. The van der Waals surface area contributed by atoms with Gasteiger partial charge in [-0.1, -0.05) is 11.6 Å². The van der Waals surface area contributed by atoms with E-state index in [4.69, 9.17) is 22.1 Å². The summed E-state index contributed by atoms with van der Waals surface area (Å²) in [7, 11) is 2.36. The predicted molar refractivity (Wildman–Crippen MR) is 114 cm³/mol. The Morgan fingerprint density at radius 2 is 1.71 bits per heavy atom. The molecule has 0 unspecified atom stereocenters. The third kappa shape index (κ3) is 6.43. The fourth-order valence-corrected chi connectivity index (χ4v) is 3.67. The number of methoxy groups -OCH3 is 2. The molecule has 0 aliphatic heterocycles. The summed E-state index contributed by atoms with van der Waals surface area (Å²) in [6.07, 6.45) is 0.347. The molecule has 0 bridgehead atoms. The zero-order valence-electron chi connectivity index (χ0n) is 16.9. The number of nitrogens with two attached hydrogens (primary N) is 1. The molecule has 31 heavy (non-hydrogen) atoms. The molecule has 2 rings (SSSR count). The maximum absolute atomic E-state index is 12.1. The van der Waals surface area contributed by atoms with Crippen molar-refractivity contribution < 1.29 is 33.4 Å². The average molecular weight is 469 g/mol. The van der Waals surface area contributed by atoms with E-state index in [0.717, 1.165) is 11.3 Å². The number of carbonyl (C=O) groups excluding carboxylic acids is 4. The molecule has 0 aliphatic rings. The number of esters is 3. The second-order valence-electron chi connectivity index (χ2n) is 6.16. The summed E-state index contributed by atoms with van der Waals surface area (Å²) in [6, 6.07) is 6.40. The van der Waals surface area contributed by atoms with Crippen LogP contribution in [0, 0.1) is 0 Å². The van der Waals surface area contributed by atoms with Gasteiger partial charge in [0, 0.05) is 29.1 Å². The second-order valence-corrected chi connectivity index (χ2v) is 7.65. The van der Waals surface area contributed by atoms with Crippen molar-refractivity contribution in [1.82, 2.24) is 5.32 Å². The molecular weight excluding hydrogens is 448 g/mol. The number of nitrogen functional groups attached to an aromatic ring is 1. The van der Waals surface area contributed by atoms with Crippen LogP contribution >= 0.6 is 22.9 Å². The summed E-state index contributed by atoms with van der Waals surface area (Å²) >= 11 is 6.63. The molecule has 166 valence electrons. The lowest BCUT2D eigenvalue weighted by Gasteiger charge is -2.08. The highest BCUT2D eigenvalue weighted by Crippen LogP contribution is 2.33. The smallest absolute Gasteiger partial charge is 0.348 e. The Morgan fingerprint density at radius 3 is 2.32 bits per heavy atom. The molecule has 11 heteroatoms. The van der Waals surface area contributed by atoms with Gasteiger partial charge < -0.3 is 25.3 Å². The lowest BCUT2D eigenvalue weighted by molar-refractivity contribution is -0.145. The summed E-state index contributed by atoms with van der Waals surface area (Å²) in [4.78, 5) is 48.1. The molecule has 0 saturated heterocycles. The summed E-state index contributed by atoms with van der Waals surface area (Å²) in [5.41, 5.74) is 6.37. The van der Waals surface area contributed by atoms with Crippen LogP contribution in [0.25, 0.3) is 0 Å². The van der Waals surface area contributed by atoms with E-state index in [9.17, 15) is 19.2 Å².